The van der Waals surface area contributed by atoms with Gasteiger partial charge in [0.1, 0.15) is 5.69 Å². The second kappa shape index (κ2) is 5.81. The van der Waals surface area contributed by atoms with E-state index in [1.807, 2.05) is 17.7 Å². The Hall–Kier alpha value is -1.95. The van der Waals surface area contributed by atoms with E-state index >= 15 is 0 Å². The number of rotatable bonds is 4. The third kappa shape index (κ3) is 2.63. The van der Waals surface area contributed by atoms with Crippen molar-refractivity contribution in [3.8, 4) is 5.88 Å². The maximum absolute atomic E-state index is 11.7. The van der Waals surface area contributed by atoms with E-state index in [9.17, 15) is 4.79 Å². The SMILES string of the molecule is CCOc1nc(C(C)=O)cc2c1cnn2C1CCOCC1. The molecule has 1 aliphatic heterocycles. The molecule has 1 aliphatic rings. The lowest BCUT2D eigenvalue weighted by Crippen LogP contribution is -2.20. The van der Waals surface area contributed by atoms with E-state index in [-0.39, 0.29) is 5.78 Å². The van der Waals surface area contributed by atoms with Gasteiger partial charge in [-0.2, -0.15) is 5.10 Å². The molecule has 0 spiro atoms. The molecule has 2 aromatic rings. The molecule has 0 amide bonds. The monoisotopic (exact) mass is 289 g/mol. The molecule has 0 aliphatic carbocycles. The maximum atomic E-state index is 11.7. The fraction of sp³-hybridized carbons (Fsp3) is 0.533. The molecule has 2 aromatic heterocycles. The molecule has 0 unspecified atom stereocenters. The first-order valence-corrected chi connectivity index (χ1v) is 7.30. The molecular formula is C15H19N3O3. The molecule has 3 rings (SSSR count). The van der Waals surface area contributed by atoms with E-state index in [2.05, 4.69) is 10.1 Å². The zero-order chi connectivity index (χ0) is 14.8. The zero-order valence-corrected chi connectivity index (χ0v) is 12.3. The van der Waals surface area contributed by atoms with Crippen molar-refractivity contribution < 1.29 is 14.3 Å². The van der Waals surface area contributed by atoms with Gasteiger partial charge in [0, 0.05) is 20.1 Å². The van der Waals surface area contributed by atoms with Crippen molar-refractivity contribution in [2.24, 2.45) is 0 Å². The van der Waals surface area contributed by atoms with E-state index in [1.165, 1.54) is 6.92 Å². The first-order valence-electron chi connectivity index (χ1n) is 7.30. The highest BCUT2D eigenvalue weighted by atomic mass is 16.5. The second-order valence-corrected chi connectivity index (χ2v) is 5.17. The van der Waals surface area contributed by atoms with Gasteiger partial charge in [-0.3, -0.25) is 9.48 Å². The van der Waals surface area contributed by atoms with Crippen LogP contribution in [0.1, 0.15) is 43.2 Å². The summed E-state index contributed by atoms with van der Waals surface area (Å²) in [5.41, 5.74) is 1.32. The highest BCUT2D eigenvalue weighted by Gasteiger charge is 2.21. The molecule has 6 nitrogen and oxygen atoms in total. The van der Waals surface area contributed by atoms with Crippen LogP contribution in [-0.4, -0.2) is 40.4 Å². The summed E-state index contributed by atoms with van der Waals surface area (Å²) in [5, 5.41) is 5.35. The topological polar surface area (TPSA) is 66.2 Å². The third-order valence-electron chi connectivity index (χ3n) is 3.74. The van der Waals surface area contributed by atoms with E-state index in [0.717, 1.165) is 37.0 Å². The van der Waals surface area contributed by atoms with Gasteiger partial charge in [-0.1, -0.05) is 0 Å². The van der Waals surface area contributed by atoms with Gasteiger partial charge >= 0.3 is 0 Å². The minimum atomic E-state index is -0.0717. The van der Waals surface area contributed by atoms with Gasteiger partial charge in [0.2, 0.25) is 5.88 Å². The Balaban J connectivity index is 2.11. The number of fused-ring (bicyclic) bond motifs is 1. The predicted molar refractivity (Wildman–Crippen MR) is 77.8 cm³/mol. The Bertz CT molecular complexity index is 659. The fourth-order valence-corrected chi connectivity index (χ4v) is 2.66. The van der Waals surface area contributed by atoms with Crippen LogP contribution in [0.25, 0.3) is 10.9 Å². The van der Waals surface area contributed by atoms with Crippen molar-refractivity contribution in [1.82, 2.24) is 14.8 Å². The first-order chi connectivity index (χ1) is 10.2. The van der Waals surface area contributed by atoms with Gasteiger partial charge in [0.15, 0.2) is 5.78 Å². The minimum absolute atomic E-state index is 0.0717. The van der Waals surface area contributed by atoms with Crippen LogP contribution in [0.2, 0.25) is 0 Å². The van der Waals surface area contributed by atoms with Gasteiger partial charge in [-0.15, -0.1) is 0 Å². The molecule has 6 heteroatoms. The van der Waals surface area contributed by atoms with Crippen molar-refractivity contribution in [2.45, 2.75) is 32.7 Å². The number of carbonyl (C=O) groups excluding carboxylic acids is 1. The second-order valence-electron chi connectivity index (χ2n) is 5.17. The molecular weight excluding hydrogens is 270 g/mol. The van der Waals surface area contributed by atoms with Gasteiger partial charge in [0.05, 0.1) is 29.7 Å². The average Bonchev–Trinajstić information content (AvgIpc) is 2.92. The molecule has 1 saturated heterocycles. The number of ether oxygens (including phenoxy) is 2. The quantitative estimate of drug-likeness (QED) is 0.808. The molecule has 112 valence electrons. The van der Waals surface area contributed by atoms with Crippen molar-refractivity contribution in [3.63, 3.8) is 0 Å². The standard InChI is InChI=1S/C15H19N3O3/c1-3-21-15-12-9-16-18(11-4-6-20-7-5-11)14(12)8-13(17-15)10(2)19/h8-9,11H,3-7H2,1-2H3. The Morgan fingerprint density at radius 3 is 2.90 bits per heavy atom. The number of aromatic nitrogens is 3. The van der Waals surface area contributed by atoms with Crippen molar-refractivity contribution in [3.05, 3.63) is 18.0 Å². The van der Waals surface area contributed by atoms with Crippen LogP contribution in [0.15, 0.2) is 12.3 Å². The van der Waals surface area contributed by atoms with Crippen molar-refractivity contribution >= 4 is 16.7 Å². The summed E-state index contributed by atoms with van der Waals surface area (Å²) in [7, 11) is 0. The molecule has 0 radical (unpaired) electrons. The number of pyridine rings is 1. The molecule has 0 atom stereocenters. The van der Waals surface area contributed by atoms with Crippen LogP contribution in [0, 0.1) is 0 Å². The summed E-state index contributed by atoms with van der Waals surface area (Å²) in [5.74, 6) is 0.413. The van der Waals surface area contributed by atoms with Crippen LogP contribution in [0.3, 0.4) is 0 Å². The summed E-state index contributed by atoms with van der Waals surface area (Å²) in [6.45, 7) is 5.41. The van der Waals surface area contributed by atoms with Gasteiger partial charge in [-0.05, 0) is 25.8 Å². The maximum Gasteiger partial charge on any atom is 0.225 e. The largest absolute Gasteiger partial charge is 0.477 e. The van der Waals surface area contributed by atoms with Gasteiger partial charge in [-0.25, -0.2) is 4.98 Å². The van der Waals surface area contributed by atoms with Crippen molar-refractivity contribution in [2.75, 3.05) is 19.8 Å². The predicted octanol–water partition coefficient (Wildman–Crippen LogP) is 2.38. The highest BCUT2D eigenvalue weighted by Crippen LogP contribution is 2.30. The minimum Gasteiger partial charge on any atom is -0.477 e. The van der Waals surface area contributed by atoms with Crippen molar-refractivity contribution in [1.29, 1.82) is 0 Å². The zero-order valence-electron chi connectivity index (χ0n) is 12.3. The molecule has 21 heavy (non-hydrogen) atoms. The number of carbonyl (C=O) groups is 1. The normalized spacial score (nSPS) is 16.3. The fourth-order valence-electron chi connectivity index (χ4n) is 2.66. The van der Waals surface area contributed by atoms with Crippen LogP contribution in [0.5, 0.6) is 5.88 Å². The van der Waals surface area contributed by atoms with Gasteiger partial charge in [0.25, 0.3) is 0 Å². The Labute approximate surface area is 123 Å². The highest BCUT2D eigenvalue weighted by molar-refractivity contribution is 5.97. The molecule has 0 N–H and O–H groups in total. The van der Waals surface area contributed by atoms with Crippen LogP contribution < -0.4 is 4.74 Å². The van der Waals surface area contributed by atoms with Crippen LogP contribution >= 0.6 is 0 Å². The van der Waals surface area contributed by atoms with Gasteiger partial charge < -0.3 is 9.47 Å². The Kier molecular flexibility index (Phi) is 3.88. The Morgan fingerprint density at radius 2 is 2.24 bits per heavy atom. The summed E-state index contributed by atoms with van der Waals surface area (Å²) < 4.78 is 13.0. The lowest BCUT2D eigenvalue weighted by molar-refractivity contribution is 0.0674. The number of hydrogen-bond acceptors (Lipinski definition) is 5. The lowest BCUT2D eigenvalue weighted by Gasteiger charge is -2.23. The summed E-state index contributed by atoms with van der Waals surface area (Å²) >= 11 is 0. The first kappa shape index (κ1) is 14.0. The van der Waals surface area contributed by atoms with E-state index in [1.54, 1.807) is 6.20 Å². The molecule has 3 heterocycles. The van der Waals surface area contributed by atoms with E-state index in [4.69, 9.17) is 9.47 Å². The Morgan fingerprint density at radius 1 is 1.48 bits per heavy atom. The smallest absolute Gasteiger partial charge is 0.225 e. The molecule has 0 bridgehead atoms. The summed E-state index contributed by atoms with van der Waals surface area (Å²) in [6, 6.07) is 2.11. The number of ketones is 1. The molecule has 0 saturated carbocycles. The third-order valence-corrected chi connectivity index (χ3v) is 3.74. The van der Waals surface area contributed by atoms with E-state index < -0.39 is 0 Å². The number of hydrogen-bond donors (Lipinski definition) is 0. The number of nitrogens with zero attached hydrogens (tertiary/aromatic N) is 3. The summed E-state index contributed by atoms with van der Waals surface area (Å²) in [6.07, 6.45) is 3.63. The molecule has 0 aromatic carbocycles. The number of Topliss-reactive ketones (excluding diaryl/α,β-unsaturated/α-hetero) is 1. The molecule has 1 fully saturated rings. The summed E-state index contributed by atoms with van der Waals surface area (Å²) in [4.78, 5) is 16.0. The van der Waals surface area contributed by atoms with Crippen LogP contribution in [0.4, 0.5) is 0 Å². The average molecular weight is 289 g/mol. The van der Waals surface area contributed by atoms with E-state index in [0.29, 0.717) is 24.2 Å². The lowest BCUT2D eigenvalue weighted by atomic mass is 10.1. The van der Waals surface area contributed by atoms with Crippen LogP contribution in [-0.2, 0) is 4.74 Å².